The Morgan fingerprint density at radius 2 is 1.82 bits per heavy atom. The van der Waals surface area contributed by atoms with Crippen LogP contribution in [-0.2, 0) is 0 Å². The molecule has 1 fully saturated rings. The van der Waals surface area contributed by atoms with Gasteiger partial charge in [0.25, 0.3) is 5.91 Å². The number of rotatable bonds is 5. The summed E-state index contributed by atoms with van der Waals surface area (Å²) >= 11 is 0. The average Bonchev–Trinajstić information content (AvgIpc) is 2.48. The molecule has 1 aliphatic rings. The summed E-state index contributed by atoms with van der Waals surface area (Å²) in [5.74, 6) is 0.288. The lowest BCUT2D eigenvalue weighted by atomic mass is 9.93. The van der Waals surface area contributed by atoms with E-state index >= 15 is 0 Å². The minimum atomic E-state index is -4.11. The first-order valence-electron chi connectivity index (χ1n) is 7.56. The second kappa shape index (κ2) is 7.63. The molecular weight excluding hydrogens is 293 g/mol. The van der Waals surface area contributed by atoms with Crippen molar-refractivity contribution in [2.45, 2.75) is 25.4 Å². The molecule has 0 atom stereocenters. The van der Waals surface area contributed by atoms with E-state index in [1.165, 1.54) is 4.90 Å². The van der Waals surface area contributed by atoms with Gasteiger partial charge in [0.05, 0.1) is 6.54 Å². The third-order valence-corrected chi connectivity index (χ3v) is 3.98. The van der Waals surface area contributed by atoms with Crippen LogP contribution in [0.25, 0.3) is 0 Å². The highest BCUT2D eigenvalue weighted by molar-refractivity contribution is 5.94. The van der Waals surface area contributed by atoms with Crippen molar-refractivity contribution in [2.24, 2.45) is 5.92 Å². The van der Waals surface area contributed by atoms with Gasteiger partial charge in [-0.3, -0.25) is 9.69 Å². The zero-order chi connectivity index (χ0) is 16.0. The lowest BCUT2D eigenvalue weighted by Crippen LogP contribution is -2.40. The van der Waals surface area contributed by atoms with Crippen molar-refractivity contribution >= 4 is 5.91 Å². The monoisotopic (exact) mass is 314 g/mol. The molecule has 0 aliphatic carbocycles. The zero-order valence-corrected chi connectivity index (χ0v) is 12.4. The molecule has 0 bridgehead atoms. The Hall–Kier alpha value is -1.56. The molecule has 1 N–H and O–H groups in total. The Balaban J connectivity index is 1.64. The van der Waals surface area contributed by atoms with Crippen LogP contribution in [0.4, 0.5) is 13.2 Å². The van der Waals surface area contributed by atoms with Crippen molar-refractivity contribution in [3.05, 3.63) is 35.9 Å². The van der Waals surface area contributed by atoms with Crippen molar-refractivity contribution in [3.8, 4) is 0 Å². The average molecular weight is 314 g/mol. The second-order valence-electron chi connectivity index (χ2n) is 5.75. The fourth-order valence-corrected chi connectivity index (χ4v) is 2.77. The molecule has 1 aromatic carbocycles. The molecule has 1 aliphatic heterocycles. The lowest BCUT2D eigenvalue weighted by Gasteiger charge is -2.32. The normalized spacial score (nSPS) is 17.4. The van der Waals surface area contributed by atoms with Crippen LogP contribution in [0.15, 0.2) is 30.3 Å². The summed E-state index contributed by atoms with van der Waals surface area (Å²) in [5, 5.41) is 2.86. The highest BCUT2D eigenvalue weighted by atomic mass is 19.4. The van der Waals surface area contributed by atoms with Gasteiger partial charge in [0.15, 0.2) is 0 Å². The van der Waals surface area contributed by atoms with Crippen molar-refractivity contribution in [1.29, 1.82) is 0 Å². The number of nitrogens with one attached hydrogen (secondary N) is 1. The third kappa shape index (κ3) is 5.67. The van der Waals surface area contributed by atoms with Gasteiger partial charge in [-0.25, -0.2) is 0 Å². The summed E-state index contributed by atoms with van der Waals surface area (Å²) in [4.78, 5) is 13.3. The van der Waals surface area contributed by atoms with E-state index in [1.54, 1.807) is 12.1 Å². The van der Waals surface area contributed by atoms with Crippen LogP contribution < -0.4 is 5.32 Å². The van der Waals surface area contributed by atoms with Gasteiger partial charge in [0.1, 0.15) is 0 Å². The lowest BCUT2D eigenvalue weighted by molar-refractivity contribution is -0.148. The van der Waals surface area contributed by atoms with E-state index in [-0.39, 0.29) is 5.91 Å². The Morgan fingerprint density at radius 3 is 2.41 bits per heavy atom. The molecule has 0 radical (unpaired) electrons. The standard InChI is InChI=1S/C16H21F3N2O/c17-16(18,19)12-21-10-7-13(8-11-21)6-9-20-15(22)14-4-2-1-3-5-14/h1-5,13H,6-12H2,(H,20,22). The third-order valence-electron chi connectivity index (χ3n) is 3.98. The first kappa shape index (κ1) is 16.8. The van der Waals surface area contributed by atoms with Gasteiger partial charge in [-0.15, -0.1) is 0 Å². The smallest absolute Gasteiger partial charge is 0.352 e. The van der Waals surface area contributed by atoms with Gasteiger partial charge >= 0.3 is 6.18 Å². The number of carbonyl (C=O) groups excluding carboxylic acids is 1. The molecule has 1 saturated heterocycles. The van der Waals surface area contributed by atoms with E-state index in [9.17, 15) is 18.0 Å². The van der Waals surface area contributed by atoms with Crippen molar-refractivity contribution in [1.82, 2.24) is 10.2 Å². The number of hydrogen-bond donors (Lipinski definition) is 1. The van der Waals surface area contributed by atoms with Gasteiger partial charge in [-0.1, -0.05) is 18.2 Å². The molecule has 1 heterocycles. The van der Waals surface area contributed by atoms with E-state index in [0.29, 0.717) is 31.1 Å². The summed E-state index contributed by atoms with van der Waals surface area (Å²) in [6, 6.07) is 8.98. The quantitative estimate of drug-likeness (QED) is 0.906. The van der Waals surface area contributed by atoms with E-state index in [2.05, 4.69) is 5.32 Å². The maximum absolute atomic E-state index is 12.3. The van der Waals surface area contributed by atoms with Crippen LogP contribution in [0.3, 0.4) is 0 Å². The van der Waals surface area contributed by atoms with Crippen LogP contribution in [0.1, 0.15) is 29.6 Å². The highest BCUT2D eigenvalue weighted by Crippen LogP contribution is 2.23. The SMILES string of the molecule is O=C(NCCC1CCN(CC(F)(F)F)CC1)c1ccccc1. The molecule has 0 unspecified atom stereocenters. The number of likely N-dealkylation sites (tertiary alicyclic amines) is 1. The molecule has 0 aromatic heterocycles. The Morgan fingerprint density at radius 1 is 1.18 bits per heavy atom. The maximum Gasteiger partial charge on any atom is 0.401 e. The number of nitrogens with zero attached hydrogens (tertiary/aromatic N) is 1. The minimum absolute atomic E-state index is 0.102. The number of benzene rings is 1. The zero-order valence-electron chi connectivity index (χ0n) is 12.4. The number of alkyl halides is 3. The van der Waals surface area contributed by atoms with Crippen LogP contribution in [0.5, 0.6) is 0 Å². The predicted octanol–water partition coefficient (Wildman–Crippen LogP) is 3.08. The molecule has 0 saturated carbocycles. The molecule has 0 spiro atoms. The molecule has 1 aromatic rings. The molecular formula is C16H21F3N2O. The summed E-state index contributed by atoms with van der Waals surface area (Å²) < 4.78 is 36.9. The number of amides is 1. The first-order chi connectivity index (χ1) is 10.4. The molecule has 3 nitrogen and oxygen atoms in total. The summed E-state index contributed by atoms with van der Waals surface area (Å²) in [5.41, 5.74) is 0.627. The predicted molar refractivity (Wildman–Crippen MR) is 78.6 cm³/mol. The Labute approximate surface area is 128 Å². The van der Waals surface area contributed by atoms with Crippen LogP contribution in [0, 0.1) is 5.92 Å². The van der Waals surface area contributed by atoms with Crippen molar-refractivity contribution in [2.75, 3.05) is 26.2 Å². The maximum atomic E-state index is 12.3. The molecule has 6 heteroatoms. The van der Waals surface area contributed by atoms with E-state index in [4.69, 9.17) is 0 Å². The van der Waals surface area contributed by atoms with Crippen LogP contribution in [-0.4, -0.2) is 43.2 Å². The Bertz CT molecular complexity index is 468. The number of carbonyl (C=O) groups is 1. The summed E-state index contributed by atoms with van der Waals surface area (Å²) in [6.07, 6.45) is -1.77. The van der Waals surface area contributed by atoms with Crippen LogP contribution in [0.2, 0.25) is 0 Å². The van der Waals surface area contributed by atoms with Gasteiger partial charge in [-0.2, -0.15) is 13.2 Å². The van der Waals surface area contributed by atoms with Gasteiger partial charge in [0.2, 0.25) is 0 Å². The topological polar surface area (TPSA) is 32.3 Å². The molecule has 122 valence electrons. The summed E-state index contributed by atoms with van der Waals surface area (Å²) in [7, 11) is 0. The number of piperidine rings is 1. The molecule has 1 amide bonds. The fraction of sp³-hybridized carbons (Fsp3) is 0.562. The largest absolute Gasteiger partial charge is 0.401 e. The van der Waals surface area contributed by atoms with Crippen molar-refractivity contribution in [3.63, 3.8) is 0 Å². The van der Waals surface area contributed by atoms with E-state index in [1.807, 2.05) is 18.2 Å². The van der Waals surface area contributed by atoms with E-state index < -0.39 is 12.7 Å². The van der Waals surface area contributed by atoms with Gasteiger partial charge in [0, 0.05) is 12.1 Å². The van der Waals surface area contributed by atoms with Gasteiger partial charge < -0.3 is 5.32 Å². The van der Waals surface area contributed by atoms with Gasteiger partial charge in [-0.05, 0) is 50.4 Å². The van der Waals surface area contributed by atoms with Crippen molar-refractivity contribution < 1.29 is 18.0 Å². The number of hydrogen-bond acceptors (Lipinski definition) is 2. The highest BCUT2D eigenvalue weighted by Gasteiger charge is 2.32. The van der Waals surface area contributed by atoms with E-state index in [0.717, 1.165) is 19.3 Å². The molecule has 2 rings (SSSR count). The fourth-order valence-electron chi connectivity index (χ4n) is 2.77. The minimum Gasteiger partial charge on any atom is -0.352 e. The second-order valence-corrected chi connectivity index (χ2v) is 5.75. The van der Waals surface area contributed by atoms with Crippen LogP contribution >= 0.6 is 0 Å². The Kier molecular flexibility index (Phi) is 5.83. The number of halogens is 3. The molecule has 22 heavy (non-hydrogen) atoms. The summed E-state index contributed by atoms with van der Waals surface area (Å²) in [6.45, 7) is 0.718. The first-order valence-corrected chi connectivity index (χ1v) is 7.56.